The van der Waals surface area contributed by atoms with Crippen LogP contribution in [-0.4, -0.2) is 22.5 Å². The van der Waals surface area contributed by atoms with Crippen LogP contribution in [0, 0.1) is 11.8 Å². The quantitative estimate of drug-likeness (QED) is 0.758. The first kappa shape index (κ1) is 18.6. The van der Waals surface area contributed by atoms with Crippen molar-refractivity contribution in [3.8, 4) is 0 Å². The highest BCUT2D eigenvalue weighted by Crippen LogP contribution is 2.46. The maximum absolute atomic E-state index is 11.5. The smallest absolute Gasteiger partial charge is 0.236 e. The van der Waals surface area contributed by atoms with E-state index in [4.69, 9.17) is 5.10 Å². The molecule has 2 heterocycles. The van der Waals surface area contributed by atoms with Crippen molar-refractivity contribution in [3.05, 3.63) is 71.8 Å². The number of thioether (sulfide) groups is 1. The SMILES string of the molecule is O=C1CS/C(=N\N=C2[C@H]3CCC[C@@H]2[C@H](c2ccccc2)N[C@@H]3c2ccccc2)N1. The van der Waals surface area contributed by atoms with Gasteiger partial charge in [-0.05, 0) is 24.0 Å². The summed E-state index contributed by atoms with van der Waals surface area (Å²) in [6.45, 7) is 0. The third-order valence-electron chi connectivity index (χ3n) is 6.11. The highest BCUT2D eigenvalue weighted by Gasteiger charge is 2.45. The van der Waals surface area contributed by atoms with Crippen LogP contribution in [0.15, 0.2) is 70.9 Å². The maximum Gasteiger partial charge on any atom is 0.236 e. The number of piperidine rings is 1. The molecule has 4 atom stereocenters. The molecule has 2 aromatic rings. The zero-order valence-corrected chi connectivity index (χ0v) is 16.9. The normalized spacial score (nSPS) is 31.8. The lowest BCUT2D eigenvalue weighted by Gasteiger charge is -2.47. The van der Waals surface area contributed by atoms with Gasteiger partial charge in [-0.3, -0.25) is 4.79 Å². The van der Waals surface area contributed by atoms with E-state index in [2.05, 4.69) is 76.4 Å². The third kappa shape index (κ3) is 3.74. The van der Waals surface area contributed by atoms with E-state index in [9.17, 15) is 4.79 Å². The van der Waals surface area contributed by atoms with Gasteiger partial charge >= 0.3 is 0 Å². The summed E-state index contributed by atoms with van der Waals surface area (Å²) in [6, 6.07) is 21.8. The lowest BCUT2D eigenvalue weighted by Crippen LogP contribution is -2.50. The highest BCUT2D eigenvalue weighted by molar-refractivity contribution is 8.15. The van der Waals surface area contributed by atoms with Gasteiger partial charge < -0.3 is 10.6 Å². The number of rotatable bonds is 3. The largest absolute Gasteiger partial charge is 0.303 e. The van der Waals surface area contributed by atoms with Crippen molar-refractivity contribution in [2.45, 2.75) is 31.3 Å². The summed E-state index contributed by atoms with van der Waals surface area (Å²) in [5, 5.41) is 16.6. The van der Waals surface area contributed by atoms with Crippen molar-refractivity contribution in [2.75, 3.05) is 5.75 Å². The van der Waals surface area contributed by atoms with Crippen LogP contribution in [0.1, 0.15) is 42.5 Å². The van der Waals surface area contributed by atoms with Crippen LogP contribution in [0.5, 0.6) is 0 Å². The Labute approximate surface area is 175 Å². The van der Waals surface area contributed by atoms with Gasteiger partial charge in [0.15, 0.2) is 5.17 Å². The number of nitrogens with zero attached hydrogens (tertiary/aromatic N) is 2. The van der Waals surface area contributed by atoms with Gasteiger partial charge in [0, 0.05) is 23.9 Å². The summed E-state index contributed by atoms with van der Waals surface area (Å²) >= 11 is 1.43. The average molecular weight is 405 g/mol. The molecule has 0 radical (unpaired) electrons. The molecule has 1 saturated carbocycles. The molecule has 2 N–H and O–H groups in total. The molecule has 1 aliphatic carbocycles. The summed E-state index contributed by atoms with van der Waals surface area (Å²) in [5.41, 5.74) is 3.76. The van der Waals surface area contributed by atoms with E-state index in [1.807, 2.05) is 0 Å². The topological polar surface area (TPSA) is 65.8 Å². The van der Waals surface area contributed by atoms with Crippen molar-refractivity contribution >= 4 is 28.5 Å². The fraction of sp³-hybridized carbons (Fsp3) is 0.348. The Morgan fingerprint density at radius 3 is 1.93 bits per heavy atom. The third-order valence-corrected chi connectivity index (χ3v) is 6.98. The molecule has 3 aliphatic rings. The zero-order chi connectivity index (χ0) is 19.6. The van der Waals surface area contributed by atoms with Crippen LogP contribution in [0.2, 0.25) is 0 Å². The van der Waals surface area contributed by atoms with Gasteiger partial charge in [-0.15, -0.1) is 5.10 Å². The minimum absolute atomic E-state index is 0.00350. The Kier molecular flexibility index (Phi) is 5.21. The molecule has 6 heteroatoms. The average Bonchev–Trinajstić information content (AvgIpc) is 3.18. The van der Waals surface area contributed by atoms with Crippen molar-refractivity contribution < 1.29 is 4.79 Å². The number of fused-ring (bicyclic) bond motifs is 2. The van der Waals surface area contributed by atoms with Crippen LogP contribution in [0.3, 0.4) is 0 Å². The molecule has 5 rings (SSSR count). The van der Waals surface area contributed by atoms with E-state index in [0.29, 0.717) is 22.8 Å². The van der Waals surface area contributed by atoms with Gasteiger partial charge in [0.05, 0.1) is 11.5 Å². The Hall–Kier alpha value is -2.44. The number of amidine groups is 1. The number of carbonyl (C=O) groups is 1. The minimum atomic E-state index is 0.00350. The summed E-state index contributed by atoms with van der Waals surface area (Å²) in [6.07, 6.45) is 3.41. The lowest BCUT2D eigenvalue weighted by molar-refractivity contribution is -0.116. The number of hydrogen-bond donors (Lipinski definition) is 2. The van der Waals surface area contributed by atoms with Crippen molar-refractivity contribution in [1.29, 1.82) is 0 Å². The molecule has 2 aliphatic heterocycles. The first-order chi connectivity index (χ1) is 14.3. The van der Waals surface area contributed by atoms with E-state index in [1.54, 1.807) is 0 Å². The predicted molar refractivity (Wildman–Crippen MR) is 118 cm³/mol. The fourth-order valence-electron chi connectivity index (χ4n) is 4.84. The molecule has 1 amide bonds. The van der Waals surface area contributed by atoms with E-state index in [1.165, 1.54) is 35.0 Å². The molecular weight excluding hydrogens is 380 g/mol. The summed E-state index contributed by atoms with van der Waals surface area (Å²) in [5.74, 6) is 1.08. The second kappa shape index (κ2) is 8.13. The molecule has 0 aromatic heterocycles. The molecule has 2 aromatic carbocycles. The summed E-state index contributed by atoms with van der Waals surface area (Å²) < 4.78 is 0. The highest BCUT2D eigenvalue weighted by atomic mass is 32.2. The standard InChI is InChI=1S/C23H24N4OS/c28-19-14-29-23(24-19)27-26-22-17-12-7-13-18(22)21(16-10-5-2-6-11-16)25-20(17)15-8-3-1-4-9-15/h1-6,8-11,17-18,20-21,25H,7,12-14H2,(H,24,27,28)/t17-,18+,20+,21-. The van der Waals surface area contributed by atoms with Crippen molar-refractivity contribution in [2.24, 2.45) is 22.0 Å². The van der Waals surface area contributed by atoms with Gasteiger partial charge in [-0.2, -0.15) is 5.10 Å². The number of amides is 1. The Bertz CT molecular complexity index is 888. The molecule has 0 unspecified atom stereocenters. The molecule has 2 bridgehead atoms. The first-order valence-electron chi connectivity index (χ1n) is 10.2. The second-order valence-corrected chi connectivity index (χ2v) is 8.82. The monoisotopic (exact) mass is 404 g/mol. The summed E-state index contributed by atoms with van der Waals surface area (Å²) in [4.78, 5) is 11.5. The minimum Gasteiger partial charge on any atom is -0.303 e. The lowest BCUT2D eigenvalue weighted by atomic mass is 9.67. The fourth-order valence-corrected chi connectivity index (χ4v) is 5.46. The first-order valence-corrected chi connectivity index (χ1v) is 11.2. The van der Waals surface area contributed by atoms with Crippen molar-refractivity contribution in [1.82, 2.24) is 10.6 Å². The van der Waals surface area contributed by atoms with Crippen LogP contribution >= 0.6 is 11.8 Å². The second-order valence-electron chi connectivity index (χ2n) is 7.85. The summed E-state index contributed by atoms with van der Waals surface area (Å²) in [7, 11) is 0. The number of benzene rings is 2. The zero-order valence-electron chi connectivity index (χ0n) is 16.1. The molecular formula is C23H24N4OS. The van der Waals surface area contributed by atoms with Gasteiger partial charge in [0.25, 0.3) is 0 Å². The number of nitrogens with one attached hydrogen (secondary N) is 2. The van der Waals surface area contributed by atoms with E-state index in [-0.39, 0.29) is 18.0 Å². The van der Waals surface area contributed by atoms with Crippen LogP contribution in [-0.2, 0) is 4.79 Å². The molecule has 2 saturated heterocycles. The Morgan fingerprint density at radius 2 is 1.41 bits per heavy atom. The Balaban J connectivity index is 1.56. The van der Waals surface area contributed by atoms with E-state index >= 15 is 0 Å². The molecule has 3 fully saturated rings. The van der Waals surface area contributed by atoms with Gasteiger partial charge in [-0.1, -0.05) is 78.8 Å². The number of carbonyl (C=O) groups excluding carboxylic acids is 1. The van der Waals surface area contributed by atoms with E-state index in [0.717, 1.165) is 12.8 Å². The number of hydrogen-bond acceptors (Lipinski definition) is 5. The molecule has 5 nitrogen and oxygen atoms in total. The molecule has 148 valence electrons. The molecule has 0 spiro atoms. The van der Waals surface area contributed by atoms with Gasteiger partial charge in [-0.25, -0.2) is 0 Å². The predicted octanol–water partition coefficient (Wildman–Crippen LogP) is 4.06. The van der Waals surface area contributed by atoms with Gasteiger partial charge in [0.2, 0.25) is 5.91 Å². The van der Waals surface area contributed by atoms with Crippen molar-refractivity contribution in [3.63, 3.8) is 0 Å². The van der Waals surface area contributed by atoms with Crippen LogP contribution < -0.4 is 10.6 Å². The molecule has 29 heavy (non-hydrogen) atoms. The van der Waals surface area contributed by atoms with Crippen LogP contribution in [0.25, 0.3) is 0 Å². The van der Waals surface area contributed by atoms with Crippen LogP contribution in [0.4, 0.5) is 0 Å². The maximum atomic E-state index is 11.5. The van der Waals surface area contributed by atoms with Gasteiger partial charge in [0.1, 0.15) is 0 Å². The Morgan fingerprint density at radius 1 is 0.828 bits per heavy atom. The van der Waals surface area contributed by atoms with E-state index < -0.39 is 0 Å².